The molecule has 1 amide bonds. The highest BCUT2D eigenvalue weighted by molar-refractivity contribution is 6.42. The molecule has 0 saturated heterocycles. The number of anilines is 1. The van der Waals surface area contributed by atoms with Crippen molar-refractivity contribution in [3.63, 3.8) is 0 Å². The zero-order chi connectivity index (χ0) is 38.8. The number of nitrogens with one attached hydrogen (secondary N) is 1. The van der Waals surface area contributed by atoms with Crippen molar-refractivity contribution >= 4 is 93.3 Å². The second kappa shape index (κ2) is 18.8. The number of carbonyl (C=O) groups is 4. The first-order chi connectivity index (χ1) is 23.7. The van der Waals surface area contributed by atoms with Gasteiger partial charge in [-0.25, -0.2) is 19.4 Å². The lowest BCUT2D eigenvalue weighted by atomic mass is 9.89. The molecular formula is C29H28Cl5FN6O10. The number of nitrogens with zero attached hydrogens (tertiary/aromatic N) is 4. The van der Waals surface area contributed by atoms with Crippen LogP contribution in [-0.4, -0.2) is 85.8 Å². The number of carboxylic acids is 3. The maximum absolute atomic E-state index is 12.9. The molecule has 0 fully saturated rings. The number of nitrogen functional groups attached to an aromatic ring is 1. The minimum Gasteiger partial charge on any atom is -0.479 e. The number of ether oxygens (including phenoxy) is 3. The van der Waals surface area contributed by atoms with E-state index in [9.17, 15) is 28.7 Å². The van der Waals surface area contributed by atoms with E-state index in [1.54, 1.807) is 6.92 Å². The Kier molecular flexibility index (Phi) is 15.8. The van der Waals surface area contributed by atoms with Crippen molar-refractivity contribution in [1.29, 1.82) is 0 Å². The molecule has 0 spiro atoms. The molecule has 276 valence electrons. The molecule has 0 aromatic carbocycles. The van der Waals surface area contributed by atoms with E-state index >= 15 is 0 Å². The Labute approximate surface area is 313 Å². The number of aliphatic imine (C=N–C) groups is 1. The number of pyridine rings is 3. The third-order valence-electron chi connectivity index (χ3n) is 6.43. The van der Waals surface area contributed by atoms with Crippen LogP contribution in [0.1, 0.15) is 42.4 Å². The monoisotopic (exact) mass is 814 g/mol. The van der Waals surface area contributed by atoms with Crippen molar-refractivity contribution in [2.45, 2.75) is 32.9 Å². The molecule has 1 aliphatic heterocycles. The molecule has 22 heteroatoms. The van der Waals surface area contributed by atoms with Crippen LogP contribution in [0, 0.1) is 11.9 Å². The number of amidine groups is 1. The summed E-state index contributed by atoms with van der Waals surface area (Å²) in [6.07, 6.45) is 1.52. The molecule has 0 aliphatic carbocycles. The largest absolute Gasteiger partial charge is 0.479 e. The molecule has 3 aromatic heterocycles. The highest BCUT2D eigenvalue weighted by atomic mass is 35.5. The molecule has 6 N–H and O–H groups in total. The Morgan fingerprint density at radius 3 is 2.06 bits per heavy atom. The summed E-state index contributed by atoms with van der Waals surface area (Å²) < 4.78 is 27.3. The molecule has 51 heavy (non-hydrogen) atoms. The number of carboxylic acid groups (broad SMARTS) is 3. The van der Waals surface area contributed by atoms with E-state index in [4.69, 9.17) is 83.4 Å². The minimum absolute atomic E-state index is 0.0106. The van der Waals surface area contributed by atoms with Crippen LogP contribution < -0.4 is 20.5 Å². The Morgan fingerprint density at radius 2 is 1.55 bits per heavy atom. The summed E-state index contributed by atoms with van der Waals surface area (Å²) in [5.41, 5.74) is 4.94. The SMILES string of the molecule is COCc1cnc(C2=NC(C)(C(C)C)C(=O)N2)c(C(=O)O)c1.Nc1c(Cl)c(F)nc(OCC(=O)O)c1Cl.O=C(O)COc1nc(Cl)c(Cl)cc1Cl. The van der Waals surface area contributed by atoms with Gasteiger partial charge in [0.2, 0.25) is 17.7 Å². The predicted octanol–water partition coefficient (Wildman–Crippen LogP) is 5.30. The molecule has 1 atom stereocenters. The normalized spacial score (nSPS) is 14.7. The average Bonchev–Trinajstić information content (AvgIpc) is 3.37. The summed E-state index contributed by atoms with van der Waals surface area (Å²) in [7, 11) is 1.52. The Bertz CT molecular complexity index is 1850. The van der Waals surface area contributed by atoms with Gasteiger partial charge in [0.15, 0.2) is 24.2 Å². The maximum atomic E-state index is 12.9. The number of hydrogen-bond acceptors (Lipinski definition) is 12. The summed E-state index contributed by atoms with van der Waals surface area (Å²) in [5.74, 6) is -5.11. The van der Waals surface area contributed by atoms with Crippen LogP contribution in [0.5, 0.6) is 11.8 Å². The number of nitrogens with two attached hydrogens (primary N) is 1. The summed E-state index contributed by atoms with van der Waals surface area (Å²) >= 11 is 27.8. The van der Waals surface area contributed by atoms with E-state index < -0.39 is 53.5 Å². The molecule has 1 aliphatic rings. The van der Waals surface area contributed by atoms with E-state index in [1.807, 2.05) is 13.8 Å². The summed E-state index contributed by atoms with van der Waals surface area (Å²) in [6.45, 7) is 4.52. The lowest BCUT2D eigenvalue weighted by molar-refractivity contribution is -0.140. The molecule has 16 nitrogen and oxygen atoms in total. The van der Waals surface area contributed by atoms with E-state index in [1.165, 1.54) is 25.4 Å². The number of carbonyl (C=O) groups excluding carboxylic acids is 1. The fourth-order valence-corrected chi connectivity index (χ4v) is 4.47. The number of amides is 1. The quantitative estimate of drug-likeness (QED) is 0.154. The zero-order valence-corrected chi connectivity index (χ0v) is 30.5. The molecule has 1 unspecified atom stereocenters. The number of halogens is 6. The Balaban J connectivity index is 0.000000275. The van der Waals surface area contributed by atoms with E-state index in [0.29, 0.717) is 5.56 Å². The van der Waals surface area contributed by atoms with Gasteiger partial charge in [-0.15, -0.1) is 0 Å². The topological polar surface area (TPSA) is 246 Å². The van der Waals surface area contributed by atoms with Gasteiger partial charge >= 0.3 is 17.9 Å². The minimum atomic E-state index is -1.25. The van der Waals surface area contributed by atoms with Crippen LogP contribution >= 0.6 is 58.0 Å². The van der Waals surface area contributed by atoms with Gasteiger partial charge in [-0.3, -0.25) is 9.78 Å². The standard InChI is InChI=1S/C15H19N3O4.C7H4Cl3NO3.C7H5Cl2FN2O3/c1-8(2)15(3)14(21)17-12(18-15)11-10(13(19)20)5-9(6-16-11)7-22-4;8-3-1-4(9)7(11-6(3)10)14-2-5(12)13;8-3-5(11)4(9)7(12-6(3)10)15-1-2(13)14/h5-6,8H,7H2,1-4H3,(H,19,20)(H,17,18,21);1H,2H2,(H,12,13);1H2,(H2,11,12)(H,13,14). The van der Waals surface area contributed by atoms with Crippen LogP contribution in [0.2, 0.25) is 25.2 Å². The van der Waals surface area contributed by atoms with Gasteiger partial charge in [0.25, 0.3) is 5.91 Å². The number of hydrogen-bond donors (Lipinski definition) is 5. The zero-order valence-electron chi connectivity index (χ0n) is 26.8. The number of methoxy groups -OCH3 is 1. The summed E-state index contributed by atoms with van der Waals surface area (Å²) in [6, 6.07) is 2.81. The van der Waals surface area contributed by atoms with E-state index in [2.05, 4.69) is 30.0 Å². The van der Waals surface area contributed by atoms with E-state index in [-0.39, 0.29) is 67.3 Å². The Morgan fingerprint density at radius 1 is 0.961 bits per heavy atom. The third-order valence-corrected chi connectivity index (χ3v) is 8.10. The van der Waals surface area contributed by atoms with Crippen LogP contribution in [0.25, 0.3) is 0 Å². The second-order valence-corrected chi connectivity index (χ2v) is 12.3. The van der Waals surface area contributed by atoms with Crippen molar-refractivity contribution in [2.24, 2.45) is 10.9 Å². The molecule has 0 radical (unpaired) electrons. The van der Waals surface area contributed by atoms with Crippen LogP contribution in [0.3, 0.4) is 0 Å². The van der Waals surface area contributed by atoms with Gasteiger partial charge in [0.1, 0.15) is 26.3 Å². The lowest BCUT2D eigenvalue weighted by Gasteiger charge is -2.21. The third kappa shape index (κ3) is 11.6. The molecule has 4 rings (SSSR count). The van der Waals surface area contributed by atoms with Gasteiger partial charge in [-0.2, -0.15) is 14.4 Å². The fraction of sp³-hybridized carbons (Fsp3) is 0.310. The lowest BCUT2D eigenvalue weighted by Crippen LogP contribution is -2.41. The fourth-order valence-electron chi connectivity index (χ4n) is 3.55. The summed E-state index contributed by atoms with van der Waals surface area (Å²) in [5, 5.41) is 28.3. The number of aromatic nitrogens is 3. The molecular weight excluding hydrogens is 789 g/mol. The predicted molar refractivity (Wildman–Crippen MR) is 184 cm³/mol. The molecule has 3 aromatic rings. The van der Waals surface area contributed by atoms with Crippen molar-refractivity contribution in [2.75, 3.05) is 26.1 Å². The average molecular weight is 817 g/mol. The maximum Gasteiger partial charge on any atom is 0.341 e. The van der Waals surface area contributed by atoms with Crippen molar-refractivity contribution < 1.29 is 53.1 Å². The molecule has 4 heterocycles. The first-order valence-corrected chi connectivity index (χ1v) is 15.8. The van der Waals surface area contributed by atoms with Gasteiger partial charge < -0.3 is 40.6 Å². The van der Waals surface area contributed by atoms with Gasteiger partial charge in [-0.1, -0.05) is 71.9 Å². The van der Waals surface area contributed by atoms with Gasteiger partial charge in [0, 0.05) is 13.3 Å². The number of aliphatic carboxylic acids is 2. The highest BCUT2D eigenvalue weighted by Gasteiger charge is 2.43. The van der Waals surface area contributed by atoms with Crippen LogP contribution in [-0.2, 0) is 25.7 Å². The van der Waals surface area contributed by atoms with Crippen LogP contribution in [0.15, 0.2) is 23.3 Å². The van der Waals surface area contributed by atoms with E-state index in [0.717, 1.165) is 0 Å². The number of aromatic carboxylic acids is 1. The Hall–Kier alpha value is -4.26. The van der Waals surface area contributed by atoms with Crippen molar-refractivity contribution in [1.82, 2.24) is 20.3 Å². The van der Waals surface area contributed by atoms with Gasteiger partial charge in [0.05, 0.1) is 22.9 Å². The smallest absolute Gasteiger partial charge is 0.341 e. The first-order valence-electron chi connectivity index (χ1n) is 13.9. The van der Waals surface area contributed by atoms with Crippen LogP contribution in [0.4, 0.5) is 10.1 Å². The molecule has 0 bridgehead atoms. The molecule has 0 saturated carbocycles. The first kappa shape index (κ1) is 42.9. The second-order valence-electron chi connectivity index (χ2n) is 10.4. The summed E-state index contributed by atoms with van der Waals surface area (Å²) in [4.78, 5) is 59.4. The van der Waals surface area contributed by atoms with Crippen molar-refractivity contribution in [3.05, 3.63) is 66.3 Å². The highest BCUT2D eigenvalue weighted by Crippen LogP contribution is 2.35. The van der Waals surface area contributed by atoms with Crippen molar-refractivity contribution in [3.8, 4) is 11.8 Å². The number of rotatable bonds is 11. The van der Waals surface area contributed by atoms with Gasteiger partial charge in [-0.05, 0) is 30.5 Å².